The van der Waals surface area contributed by atoms with E-state index in [-0.39, 0.29) is 17.8 Å². The first-order valence-electron chi connectivity index (χ1n) is 8.44. The van der Waals surface area contributed by atoms with Gasteiger partial charge in [0.25, 0.3) is 0 Å². The van der Waals surface area contributed by atoms with Crippen LogP contribution in [0.5, 0.6) is 0 Å². The van der Waals surface area contributed by atoms with E-state index >= 15 is 0 Å². The van der Waals surface area contributed by atoms with Crippen molar-refractivity contribution in [1.29, 1.82) is 0 Å². The first-order chi connectivity index (χ1) is 12.4. The fourth-order valence-electron chi connectivity index (χ4n) is 3.77. The molecule has 1 fully saturated rings. The second kappa shape index (κ2) is 6.32. The summed E-state index contributed by atoms with van der Waals surface area (Å²) in [5.41, 5.74) is 8.23. The molecular formula is C19H19F2N3OS. The van der Waals surface area contributed by atoms with E-state index in [2.05, 4.69) is 9.98 Å². The van der Waals surface area contributed by atoms with E-state index in [1.807, 2.05) is 13.8 Å². The molecule has 2 aliphatic heterocycles. The molecule has 2 N–H and O–H groups in total. The summed E-state index contributed by atoms with van der Waals surface area (Å²) in [6, 6.07) is 6.37. The number of amidine groups is 1. The third kappa shape index (κ3) is 2.70. The number of hydrogen-bond acceptors (Lipinski definition) is 5. The molecule has 1 saturated heterocycles. The van der Waals surface area contributed by atoms with Crippen LogP contribution in [-0.2, 0) is 9.48 Å². The number of ether oxygens (including phenoxy) is 1. The van der Waals surface area contributed by atoms with Crippen molar-refractivity contribution in [3.8, 4) is 11.1 Å². The van der Waals surface area contributed by atoms with Crippen molar-refractivity contribution in [2.45, 2.75) is 24.7 Å². The molecule has 4 nitrogen and oxygen atoms in total. The highest BCUT2D eigenvalue weighted by molar-refractivity contribution is 8.14. The number of thioether (sulfide) groups is 1. The maximum Gasteiger partial charge on any atom is 0.220 e. The fraction of sp³-hybridized carbons (Fsp3) is 0.368. The third-order valence-corrected chi connectivity index (χ3v) is 6.51. The molecule has 1 aromatic heterocycles. The number of pyridine rings is 1. The Bertz CT molecular complexity index is 904. The first-order valence-corrected chi connectivity index (χ1v) is 9.25. The average molecular weight is 375 g/mol. The third-order valence-electron chi connectivity index (χ3n) is 5.17. The highest BCUT2D eigenvalue weighted by Gasteiger charge is 2.53. The highest BCUT2D eigenvalue weighted by atomic mass is 32.2. The minimum Gasteiger partial charge on any atom is -0.379 e. The molecule has 3 heterocycles. The van der Waals surface area contributed by atoms with Crippen LogP contribution < -0.4 is 5.73 Å². The van der Waals surface area contributed by atoms with Gasteiger partial charge in [0.2, 0.25) is 5.95 Å². The number of hydrogen-bond donors (Lipinski definition) is 1. The molecule has 0 aliphatic carbocycles. The van der Waals surface area contributed by atoms with Gasteiger partial charge in [0, 0.05) is 29.8 Å². The molecule has 3 atom stereocenters. The summed E-state index contributed by atoms with van der Waals surface area (Å²) in [4.78, 5) is 8.09. The summed E-state index contributed by atoms with van der Waals surface area (Å²) >= 11 is 1.34. The van der Waals surface area contributed by atoms with Crippen LogP contribution in [-0.4, -0.2) is 29.4 Å². The minimum absolute atomic E-state index is 0.00466. The molecule has 0 bridgehead atoms. The van der Waals surface area contributed by atoms with Crippen molar-refractivity contribution < 1.29 is 13.5 Å². The van der Waals surface area contributed by atoms with E-state index < -0.39 is 10.7 Å². The standard InChI is InChI=1S/C19H19F2N3OS/c1-10-5-13(17(21)23-7-10)12-3-4-16(20)14(6-12)19-9-25-11(2)15(19)8-24-18(22)26-19/h3-7,11,15H,8-9H2,1-2H3,(H2,22,24)/t11-,15+,19-/m1/s1. The van der Waals surface area contributed by atoms with Gasteiger partial charge in [-0.15, -0.1) is 0 Å². The van der Waals surface area contributed by atoms with Gasteiger partial charge >= 0.3 is 0 Å². The first kappa shape index (κ1) is 17.4. The molecule has 26 heavy (non-hydrogen) atoms. The summed E-state index contributed by atoms with van der Waals surface area (Å²) in [6.07, 6.45) is 1.42. The van der Waals surface area contributed by atoms with E-state index in [0.29, 0.717) is 35.0 Å². The summed E-state index contributed by atoms with van der Waals surface area (Å²) < 4.78 is 34.3. The zero-order valence-electron chi connectivity index (χ0n) is 14.5. The molecule has 0 saturated carbocycles. The Morgan fingerprint density at radius 2 is 2.12 bits per heavy atom. The normalized spacial score (nSPS) is 27.9. The van der Waals surface area contributed by atoms with Crippen LogP contribution in [0.25, 0.3) is 11.1 Å². The molecule has 0 unspecified atom stereocenters. The molecular weight excluding hydrogens is 356 g/mol. The lowest BCUT2D eigenvalue weighted by atomic mass is 9.83. The number of aryl methyl sites for hydroxylation is 1. The van der Waals surface area contributed by atoms with Crippen molar-refractivity contribution in [3.63, 3.8) is 0 Å². The smallest absolute Gasteiger partial charge is 0.220 e. The van der Waals surface area contributed by atoms with Crippen molar-refractivity contribution in [2.75, 3.05) is 13.2 Å². The van der Waals surface area contributed by atoms with Crippen molar-refractivity contribution in [2.24, 2.45) is 16.6 Å². The largest absolute Gasteiger partial charge is 0.379 e. The van der Waals surface area contributed by atoms with Gasteiger partial charge in [-0.1, -0.05) is 17.8 Å². The van der Waals surface area contributed by atoms with Crippen LogP contribution >= 0.6 is 11.8 Å². The second-order valence-corrected chi connectivity index (χ2v) is 8.19. The zero-order chi connectivity index (χ0) is 18.5. The van der Waals surface area contributed by atoms with Crippen LogP contribution in [0, 0.1) is 24.6 Å². The Balaban J connectivity index is 1.87. The van der Waals surface area contributed by atoms with Gasteiger partial charge in [-0.3, -0.25) is 4.99 Å². The minimum atomic E-state index is -0.654. The van der Waals surface area contributed by atoms with Gasteiger partial charge in [-0.25, -0.2) is 9.37 Å². The number of benzene rings is 1. The lowest BCUT2D eigenvalue weighted by molar-refractivity contribution is 0.107. The van der Waals surface area contributed by atoms with E-state index in [0.717, 1.165) is 5.56 Å². The van der Waals surface area contributed by atoms with Gasteiger partial charge < -0.3 is 10.5 Å². The van der Waals surface area contributed by atoms with Crippen molar-refractivity contribution in [3.05, 3.63) is 53.4 Å². The van der Waals surface area contributed by atoms with Crippen LogP contribution in [0.15, 0.2) is 35.5 Å². The Kier molecular flexibility index (Phi) is 4.23. The van der Waals surface area contributed by atoms with E-state index in [9.17, 15) is 8.78 Å². The van der Waals surface area contributed by atoms with Crippen molar-refractivity contribution in [1.82, 2.24) is 4.98 Å². The monoisotopic (exact) mass is 375 g/mol. The number of aromatic nitrogens is 1. The average Bonchev–Trinajstić information content (AvgIpc) is 2.94. The van der Waals surface area contributed by atoms with Gasteiger partial charge in [0.1, 0.15) is 5.82 Å². The van der Waals surface area contributed by atoms with Crippen LogP contribution in [0.1, 0.15) is 18.1 Å². The quantitative estimate of drug-likeness (QED) is 0.815. The van der Waals surface area contributed by atoms with Gasteiger partial charge in [-0.05, 0) is 43.2 Å². The zero-order valence-corrected chi connectivity index (χ0v) is 15.3. The SMILES string of the molecule is Cc1cnc(F)c(-c2ccc(F)c([C@]34CO[C@H](C)[C@@H]3CN=C(N)S4)c2)c1. The highest BCUT2D eigenvalue weighted by Crippen LogP contribution is 2.53. The van der Waals surface area contributed by atoms with Crippen LogP contribution in [0.3, 0.4) is 0 Å². The van der Waals surface area contributed by atoms with Crippen molar-refractivity contribution >= 4 is 16.9 Å². The van der Waals surface area contributed by atoms with E-state index in [1.54, 1.807) is 18.2 Å². The maximum atomic E-state index is 14.9. The molecule has 7 heteroatoms. The molecule has 4 rings (SSSR count). The number of aliphatic imine (C=N–C) groups is 1. The summed E-state index contributed by atoms with van der Waals surface area (Å²) in [5, 5.41) is 0.423. The molecule has 1 aromatic carbocycles. The fourth-order valence-corrected chi connectivity index (χ4v) is 5.09. The van der Waals surface area contributed by atoms with Crippen LogP contribution in [0.4, 0.5) is 8.78 Å². The molecule has 0 spiro atoms. The molecule has 0 radical (unpaired) electrons. The second-order valence-electron chi connectivity index (χ2n) is 6.84. The Hall–Kier alpha value is -1.99. The Labute approximate surface area is 154 Å². The molecule has 136 valence electrons. The lowest BCUT2D eigenvalue weighted by Gasteiger charge is -2.37. The van der Waals surface area contributed by atoms with Crippen LogP contribution in [0.2, 0.25) is 0 Å². The van der Waals surface area contributed by atoms with E-state index in [4.69, 9.17) is 10.5 Å². The topological polar surface area (TPSA) is 60.5 Å². The summed E-state index contributed by atoms with van der Waals surface area (Å²) in [5.74, 6) is -0.916. The predicted molar refractivity (Wildman–Crippen MR) is 99.0 cm³/mol. The predicted octanol–water partition coefficient (Wildman–Crippen LogP) is 3.63. The van der Waals surface area contributed by atoms with Gasteiger partial charge in [-0.2, -0.15) is 4.39 Å². The summed E-state index contributed by atoms with van der Waals surface area (Å²) in [7, 11) is 0. The van der Waals surface area contributed by atoms with Gasteiger partial charge in [0.05, 0.1) is 17.5 Å². The lowest BCUT2D eigenvalue weighted by Crippen LogP contribution is -2.41. The Morgan fingerprint density at radius 3 is 2.92 bits per heavy atom. The molecule has 0 amide bonds. The number of rotatable bonds is 2. The number of fused-ring (bicyclic) bond motifs is 1. The maximum absolute atomic E-state index is 14.9. The van der Waals surface area contributed by atoms with E-state index in [1.165, 1.54) is 24.0 Å². The Morgan fingerprint density at radius 1 is 1.31 bits per heavy atom. The molecule has 2 aromatic rings. The summed E-state index contributed by atoms with van der Waals surface area (Å²) in [6.45, 7) is 4.64. The number of halogens is 2. The number of nitrogens with two attached hydrogens (primary N) is 1. The van der Waals surface area contributed by atoms with Gasteiger partial charge in [0.15, 0.2) is 5.17 Å². The number of nitrogens with zero attached hydrogens (tertiary/aromatic N) is 2. The molecule has 2 aliphatic rings.